The first-order valence-electron chi connectivity index (χ1n) is 9.47. The van der Waals surface area contributed by atoms with Crippen molar-refractivity contribution in [3.8, 4) is 0 Å². The Morgan fingerprint density at radius 2 is 1.93 bits per heavy atom. The smallest absolute Gasteiger partial charge is 0.287 e. The molecule has 0 saturated carbocycles. The Morgan fingerprint density at radius 3 is 2.61 bits per heavy atom. The van der Waals surface area contributed by atoms with Crippen molar-refractivity contribution in [2.75, 3.05) is 24.5 Å². The van der Waals surface area contributed by atoms with Crippen molar-refractivity contribution in [2.24, 2.45) is 7.05 Å². The van der Waals surface area contributed by atoms with Gasteiger partial charge in [0.25, 0.3) is 5.56 Å². The quantitative estimate of drug-likeness (QED) is 0.818. The predicted octanol–water partition coefficient (Wildman–Crippen LogP) is 1.32. The highest BCUT2D eigenvalue weighted by Crippen LogP contribution is 2.35. The van der Waals surface area contributed by atoms with Crippen LogP contribution in [0.1, 0.15) is 17.5 Å². The van der Waals surface area contributed by atoms with Crippen LogP contribution in [0.3, 0.4) is 0 Å². The second kappa shape index (κ2) is 7.56. The van der Waals surface area contributed by atoms with E-state index in [2.05, 4.69) is 20.2 Å². The molecule has 3 fully saturated rings. The minimum atomic E-state index is -0.286. The number of nitrogens with one attached hydrogen (secondary N) is 1. The Bertz CT molecular complexity index is 931. The number of fused-ring (bicyclic) bond motifs is 2. The summed E-state index contributed by atoms with van der Waals surface area (Å²) >= 11 is 6.23. The molecule has 0 spiro atoms. The molecular formula is C20H24ClN5O2. The minimum Gasteiger partial charge on any atom is -0.366 e. The molecule has 3 aliphatic rings. The standard InChI is InChI=1S/C20H24ClN5O2/c1-13-3-5-14(6-4-13)8-22-18(27)12-26-15-7-16(26)11-25(10-15)17-9-23-24(2)20(28)19(17)21/h3-6,9,15-16H,7-8,10-12H2,1-2H3,(H,22,27). The number of amides is 1. The van der Waals surface area contributed by atoms with Crippen molar-refractivity contribution >= 4 is 23.2 Å². The SMILES string of the molecule is Cc1ccc(CNC(=O)CN2C3CC2CN(c2cnn(C)c(=O)c2Cl)C3)cc1. The molecule has 0 aliphatic carbocycles. The third kappa shape index (κ3) is 3.64. The lowest BCUT2D eigenvalue weighted by Crippen LogP contribution is -2.70. The Balaban J connectivity index is 1.32. The topological polar surface area (TPSA) is 70.5 Å². The summed E-state index contributed by atoms with van der Waals surface area (Å²) in [6, 6.07) is 8.76. The first-order chi connectivity index (χ1) is 13.4. The van der Waals surface area contributed by atoms with Crippen LogP contribution in [0.4, 0.5) is 5.69 Å². The highest BCUT2D eigenvalue weighted by Gasteiger charge is 2.45. The molecule has 1 aromatic carbocycles. The number of benzene rings is 1. The van der Waals surface area contributed by atoms with E-state index >= 15 is 0 Å². The average Bonchev–Trinajstić information content (AvgIpc) is 2.70. The van der Waals surface area contributed by atoms with Crippen LogP contribution in [0.15, 0.2) is 35.3 Å². The number of hydrogen-bond acceptors (Lipinski definition) is 5. The Hall–Kier alpha value is -2.38. The monoisotopic (exact) mass is 401 g/mol. The fourth-order valence-electron chi connectivity index (χ4n) is 3.99. The molecule has 2 atom stereocenters. The van der Waals surface area contributed by atoms with E-state index in [1.54, 1.807) is 13.2 Å². The molecule has 3 saturated heterocycles. The van der Waals surface area contributed by atoms with Crippen LogP contribution < -0.4 is 15.8 Å². The zero-order chi connectivity index (χ0) is 19.8. The van der Waals surface area contributed by atoms with Crippen molar-refractivity contribution in [3.63, 3.8) is 0 Å². The predicted molar refractivity (Wildman–Crippen MR) is 109 cm³/mol. The molecule has 4 heterocycles. The first kappa shape index (κ1) is 19.0. The summed E-state index contributed by atoms with van der Waals surface area (Å²) in [7, 11) is 1.59. The molecule has 2 bridgehead atoms. The lowest BCUT2D eigenvalue weighted by Gasteiger charge is -2.56. The van der Waals surface area contributed by atoms with E-state index in [0.717, 1.165) is 25.1 Å². The van der Waals surface area contributed by atoms with Crippen molar-refractivity contribution < 1.29 is 4.79 Å². The molecular weight excluding hydrogens is 378 g/mol. The van der Waals surface area contributed by atoms with Crippen LogP contribution in [0.5, 0.6) is 0 Å². The highest BCUT2D eigenvalue weighted by molar-refractivity contribution is 6.33. The summed E-state index contributed by atoms with van der Waals surface area (Å²) in [6.45, 7) is 4.48. The van der Waals surface area contributed by atoms with E-state index < -0.39 is 0 Å². The number of nitrogens with zero attached hydrogens (tertiary/aromatic N) is 4. The molecule has 148 valence electrons. The number of hydrogen-bond donors (Lipinski definition) is 1. The van der Waals surface area contributed by atoms with Gasteiger partial charge in [0.2, 0.25) is 5.91 Å². The van der Waals surface area contributed by atoms with Gasteiger partial charge in [-0.2, -0.15) is 5.10 Å². The summed E-state index contributed by atoms with van der Waals surface area (Å²) in [5.74, 6) is 0.0389. The van der Waals surface area contributed by atoms with Gasteiger partial charge in [-0.1, -0.05) is 41.4 Å². The lowest BCUT2D eigenvalue weighted by molar-refractivity contribution is -0.127. The largest absolute Gasteiger partial charge is 0.366 e. The van der Waals surface area contributed by atoms with Crippen molar-refractivity contribution in [1.82, 2.24) is 20.0 Å². The zero-order valence-corrected chi connectivity index (χ0v) is 16.8. The number of carbonyl (C=O) groups is 1. The lowest BCUT2D eigenvalue weighted by atomic mass is 9.87. The molecule has 3 aliphatic heterocycles. The second-order valence-corrected chi connectivity index (χ2v) is 8.03. The number of piperazine rings is 1. The number of anilines is 1. The van der Waals surface area contributed by atoms with E-state index in [0.29, 0.717) is 30.9 Å². The van der Waals surface area contributed by atoms with Gasteiger partial charge in [0, 0.05) is 38.8 Å². The van der Waals surface area contributed by atoms with Crippen LogP contribution in [0, 0.1) is 6.92 Å². The van der Waals surface area contributed by atoms with Gasteiger partial charge in [-0.3, -0.25) is 14.5 Å². The van der Waals surface area contributed by atoms with E-state index in [1.807, 2.05) is 31.2 Å². The maximum Gasteiger partial charge on any atom is 0.287 e. The summed E-state index contributed by atoms with van der Waals surface area (Å²) in [5.41, 5.74) is 2.70. The maximum absolute atomic E-state index is 12.4. The van der Waals surface area contributed by atoms with E-state index in [1.165, 1.54) is 10.2 Å². The average molecular weight is 402 g/mol. The molecule has 0 radical (unpaired) electrons. The molecule has 2 aromatic rings. The highest BCUT2D eigenvalue weighted by atomic mass is 35.5. The summed E-state index contributed by atoms with van der Waals surface area (Å²) < 4.78 is 1.24. The number of rotatable bonds is 5. The number of carbonyl (C=O) groups excluding carboxylic acids is 1. The van der Waals surface area contributed by atoms with Crippen LogP contribution in [-0.2, 0) is 18.4 Å². The third-order valence-corrected chi connectivity index (χ3v) is 6.04. The molecule has 5 rings (SSSR count). The van der Waals surface area contributed by atoms with Crippen molar-refractivity contribution in [2.45, 2.75) is 32.0 Å². The van der Waals surface area contributed by atoms with E-state index in [9.17, 15) is 9.59 Å². The summed E-state index contributed by atoms with van der Waals surface area (Å²) in [5, 5.41) is 7.29. The van der Waals surface area contributed by atoms with Gasteiger partial charge >= 0.3 is 0 Å². The first-order valence-corrected chi connectivity index (χ1v) is 9.85. The molecule has 1 amide bonds. The number of piperidine rings is 1. The van der Waals surface area contributed by atoms with Crippen LogP contribution in [0.25, 0.3) is 0 Å². The normalized spacial score (nSPS) is 21.3. The van der Waals surface area contributed by atoms with Gasteiger partial charge in [-0.15, -0.1) is 0 Å². The van der Waals surface area contributed by atoms with Crippen molar-refractivity contribution in [3.05, 3.63) is 57.0 Å². The Morgan fingerprint density at radius 1 is 1.25 bits per heavy atom. The molecule has 1 aromatic heterocycles. The van der Waals surface area contributed by atoms with Crippen LogP contribution in [0.2, 0.25) is 5.02 Å². The summed E-state index contributed by atoms with van der Waals surface area (Å²) in [4.78, 5) is 28.7. The number of aryl methyl sites for hydroxylation is 2. The third-order valence-electron chi connectivity index (χ3n) is 5.68. The molecule has 2 unspecified atom stereocenters. The van der Waals surface area contributed by atoms with Gasteiger partial charge in [-0.25, -0.2) is 4.68 Å². The van der Waals surface area contributed by atoms with Crippen molar-refractivity contribution in [1.29, 1.82) is 0 Å². The van der Waals surface area contributed by atoms with Gasteiger partial charge in [0.05, 0.1) is 18.4 Å². The zero-order valence-electron chi connectivity index (χ0n) is 16.1. The minimum absolute atomic E-state index is 0.0389. The van der Waals surface area contributed by atoms with Gasteiger partial charge in [0.1, 0.15) is 5.02 Å². The maximum atomic E-state index is 12.4. The van der Waals surface area contributed by atoms with Gasteiger partial charge in [-0.05, 0) is 18.9 Å². The Labute approximate surface area is 168 Å². The van der Waals surface area contributed by atoms with E-state index in [4.69, 9.17) is 11.6 Å². The summed E-state index contributed by atoms with van der Waals surface area (Å²) in [6.07, 6.45) is 2.71. The fourth-order valence-corrected chi connectivity index (χ4v) is 4.28. The number of aromatic nitrogens is 2. The number of halogens is 1. The second-order valence-electron chi connectivity index (χ2n) is 7.66. The van der Waals surface area contributed by atoms with Crippen LogP contribution in [-0.4, -0.2) is 52.3 Å². The van der Waals surface area contributed by atoms with Gasteiger partial charge in [0.15, 0.2) is 0 Å². The van der Waals surface area contributed by atoms with Gasteiger partial charge < -0.3 is 10.2 Å². The molecule has 7 nitrogen and oxygen atoms in total. The van der Waals surface area contributed by atoms with E-state index in [-0.39, 0.29) is 16.5 Å². The Kier molecular flexibility index (Phi) is 5.12. The molecule has 1 N–H and O–H groups in total. The van der Waals surface area contributed by atoms with Crippen LogP contribution >= 0.6 is 11.6 Å². The molecule has 28 heavy (non-hydrogen) atoms. The fraction of sp³-hybridized carbons (Fsp3) is 0.450. The molecule has 8 heteroatoms.